The third kappa shape index (κ3) is 3.26. The summed E-state index contributed by atoms with van der Waals surface area (Å²) < 4.78 is 7.21. The molecule has 1 saturated heterocycles. The number of hydrogen-bond acceptors (Lipinski definition) is 6. The zero-order valence-electron chi connectivity index (χ0n) is 16.5. The van der Waals surface area contributed by atoms with Crippen molar-refractivity contribution in [3.05, 3.63) is 42.4 Å². The number of hydrogen-bond donors (Lipinski definition) is 1. The first kappa shape index (κ1) is 18.2. The highest BCUT2D eigenvalue weighted by Gasteiger charge is 2.37. The highest BCUT2D eigenvalue weighted by Crippen LogP contribution is 2.27. The van der Waals surface area contributed by atoms with Gasteiger partial charge in [0, 0.05) is 13.2 Å². The molecule has 0 aliphatic carbocycles. The van der Waals surface area contributed by atoms with Crippen LogP contribution in [0.25, 0.3) is 11.0 Å². The summed E-state index contributed by atoms with van der Waals surface area (Å²) in [6.45, 7) is 6.55. The van der Waals surface area contributed by atoms with E-state index < -0.39 is 0 Å². The van der Waals surface area contributed by atoms with Crippen molar-refractivity contribution in [2.75, 3.05) is 16.8 Å². The summed E-state index contributed by atoms with van der Waals surface area (Å²) in [7, 11) is 1.98. The topological polar surface area (TPSA) is 85.2 Å². The molecule has 0 radical (unpaired) electrons. The van der Waals surface area contributed by atoms with E-state index in [1.807, 2.05) is 18.5 Å². The average Bonchev–Trinajstić information content (AvgIpc) is 3.24. The first-order valence-corrected chi connectivity index (χ1v) is 9.40. The summed E-state index contributed by atoms with van der Waals surface area (Å²) in [6.07, 6.45) is 3.10. The molecule has 3 aromatic rings. The van der Waals surface area contributed by atoms with Gasteiger partial charge in [0.1, 0.15) is 12.4 Å². The number of nitrogens with zero attached hydrogens (tertiary/aromatic N) is 5. The molecule has 1 N–H and O–H groups in total. The molecule has 0 spiro atoms. The molecule has 1 amide bonds. The Bertz CT molecular complexity index is 1010. The number of anilines is 2. The van der Waals surface area contributed by atoms with Crippen LogP contribution in [0.3, 0.4) is 0 Å². The quantitative estimate of drug-likeness (QED) is 0.729. The molecule has 2 aromatic heterocycles. The summed E-state index contributed by atoms with van der Waals surface area (Å²) in [5, 5.41) is 3.32. The number of carbonyl (C=O) groups is 1. The number of cyclic esters (lactones) is 1. The second-order valence-electron chi connectivity index (χ2n) is 7.47. The number of aryl methyl sites for hydroxylation is 1. The van der Waals surface area contributed by atoms with Gasteiger partial charge in [-0.2, -0.15) is 4.98 Å². The van der Waals surface area contributed by atoms with Crippen molar-refractivity contribution in [2.45, 2.75) is 32.9 Å². The molecule has 1 unspecified atom stereocenters. The Morgan fingerprint density at radius 1 is 1.21 bits per heavy atom. The van der Waals surface area contributed by atoms with Crippen LogP contribution in [0.4, 0.5) is 16.6 Å². The number of amides is 1. The Kier molecular flexibility index (Phi) is 4.62. The van der Waals surface area contributed by atoms with Crippen molar-refractivity contribution < 1.29 is 9.53 Å². The Labute approximate surface area is 163 Å². The summed E-state index contributed by atoms with van der Waals surface area (Å²) in [4.78, 5) is 27.1. The van der Waals surface area contributed by atoms with E-state index in [-0.39, 0.29) is 24.1 Å². The molecule has 146 valence electrons. The van der Waals surface area contributed by atoms with Gasteiger partial charge in [0.05, 0.1) is 29.4 Å². The summed E-state index contributed by atoms with van der Waals surface area (Å²) in [5.41, 5.74) is 3.12. The van der Waals surface area contributed by atoms with E-state index in [4.69, 9.17) is 4.74 Å². The van der Waals surface area contributed by atoms with Gasteiger partial charge in [-0.25, -0.2) is 14.8 Å². The van der Waals surface area contributed by atoms with Gasteiger partial charge in [0.25, 0.3) is 0 Å². The number of fused-ring (bicyclic) bond motifs is 1. The Morgan fingerprint density at radius 2 is 2.04 bits per heavy atom. The predicted octanol–water partition coefficient (Wildman–Crippen LogP) is 3.52. The number of imidazole rings is 1. The molecule has 1 aromatic carbocycles. The van der Waals surface area contributed by atoms with E-state index in [9.17, 15) is 4.79 Å². The third-order valence-electron chi connectivity index (χ3n) is 5.16. The van der Waals surface area contributed by atoms with Crippen molar-refractivity contribution in [3.63, 3.8) is 0 Å². The number of benzene rings is 1. The lowest BCUT2D eigenvalue weighted by molar-refractivity contribution is 0.177. The first-order valence-electron chi connectivity index (χ1n) is 9.40. The minimum Gasteiger partial charge on any atom is -0.447 e. The van der Waals surface area contributed by atoms with Crippen LogP contribution in [0, 0.1) is 5.92 Å². The maximum Gasteiger partial charge on any atom is 0.415 e. The second kappa shape index (κ2) is 7.10. The molecule has 1 aliphatic rings. The first-order chi connectivity index (χ1) is 13.4. The molecule has 28 heavy (non-hydrogen) atoms. The second-order valence-corrected chi connectivity index (χ2v) is 7.47. The monoisotopic (exact) mass is 380 g/mol. The normalized spacial score (nSPS) is 18.0. The minimum atomic E-state index is -0.364. The third-order valence-corrected chi connectivity index (χ3v) is 5.16. The Balaban J connectivity index is 1.56. The number of carbonyl (C=O) groups excluding carboxylic acids is 1. The molecule has 1 aliphatic heterocycles. The maximum atomic E-state index is 12.2. The number of aromatic nitrogens is 4. The Hall–Kier alpha value is -3.16. The fourth-order valence-electron chi connectivity index (χ4n) is 3.44. The van der Waals surface area contributed by atoms with Gasteiger partial charge in [0.2, 0.25) is 5.95 Å². The fraction of sp³-hybridized carbons (Fsp3) is 0.400. The molecular weight excluding hydrogens is 356 g/mol. The average molecular weight is 380 g/mol. The zero-order valence-corrected chi connectivity index (χ0v) is 16.5. The van der Waals surface area contributed by atoms with E-state index in [2.05, 4.69) is 52.3 Å². The van der Waals surface area contributed by atoms with E-state index in [0.717, 1.165) is 16.6 Å². The number of ether oxygens (including phenoxy) is 1. The van der Waals surface area contributed by atoms with Crippen LogP contribution < -0.4 is 10.2 Å². The van der Waals surface area contributed by atoms with Crippen LogP contribution >= 0.6 is 0 Å². The van der Waals surface area contributed by atoms with Crippen molar-refractivity contribution in [1.82, 2.24) is 19.5 Å². The molecule has 3 heterocycles. The van der Waals surface area contributed by atoms with Crippen molar-refractivity contribution in [2.24, 2.45) is 13.0 Å². The lowest BCUT2D eigenvalue weighted by Crippen LogP contribution is -2.37. The molecule has 8 nitrogen and oxygen atoms in total. The minimum absolute atomic E-state index is 0.0203. The van der Waals surface area contributed by atoms with E-state index in [1.165, 1.54) is 0 Å². The molecule has 8 heteroatoms. The van der Waals surface area contributed by atoms with E-state index in [0.29, 0.717) is 18.4 Å². The van der Waals surface area contributed by atoms with Gasteiger partial charge < -0.3 is 14.6 Å². The SMILES string of the molecule is CC(C)C1COC(=O)N1c1ccnc(N[C@@H](C)c2ccc3c(c2)ncn3C)n1. The maximum absolute atomic E-state index is 12.2. The van der Waals surface area contributed by atoms with E-state index in [1.54, 1.807) is 23.5 Å². The van der Waals surface area contributed by atoms with Crippen LogP contribution in [-0.2, 0) is 11.8 Å². The largest absolute Gasteiger partial charge is 0.447 e. The van der Waals surface area contributed by atoms with Crippen LogP contribution in [0.2, 0.25) is 0 Å². The fourth-order valence-corrected chi connectivity index (χ4v) is 3.44. The smallest absolute Gasteiger partial charge is 0.415 e. The highest BCUT2D eigenvalue weighted by molar-refractivity contribution is 5.89. The predicted molar refractivity (Wildman–Crippen MR) is 107 cm³/mol. The molecule has 1 fully saturated rings. The Morgan fingerprint density at radius 3 is 2.82 bits per heavy atom. The van der Waals surface area contributed by atoms with E-state index >= 15 is 0 Å². The molecule has 4 rings (SSSR count). The van der Waals surface area contributed by atoms with Gasteiger partial charge in [-0.15, -0.1) is 0 Å². The molecule has 2 atom stereocenters. The zero-order chi connectivity index (χ0) is 19.8. The molecular formula is C20H24N6O2. The summed E-state index contributed by atoms with van der Waals surface area (Å²) in [6, 6.07) is 7.87. The van der Waals surface area contributed by atoms with Gasteiger partial charge >= 0.3 is 6.09 Å². The number of nitrogens with one attached hydrogen (secondary N) is 1. The highest BCUT2D eigenvalue weighted by atomic mass is 16.6. The van der Waals surface area contributed by atoms with Crippen LogP contribution in [0.5, 0.6) is 0 Å². The lowest BCUT2D eigenvalue weighted by Gasteiger charge is -2.23. The number of rotatable bonds is 5. The van der Waals surface area contributed by atoms with Crippen molar-refractivity contribution in [1.29, 1.82) is 0 Å². The standard InChI is InChI=1S/C20H24N6O2/c1-12(2)17-10-28-20(27)26(17)18-7-8-21-19(24-18)23-13(3)14-5-6-16-15(9-14)22-11-25(16)4/h5-9,11-13,17H,10H2,1-4H3,(H,21,23,24)/t13-,17?/m0/s1. The van der Waals surface area contributed by atoms with Gasteiger partial charge in [-0.05, 0) is 36.6 Å². The lowest BCUT2D eigenvalue weighted by atomic mass is 10.0. The van der Waals surface area contributed by atoms with Crippen LogP contribution in [0.1, 0.15) is 32.4 Å². The van der Waals surface area contributed by atoms with Gasteiger partial charge in [-0.1, -0.05) is 19.9 Å². The summed E-state index contributed by atoms with van der Waals surface area (Å²) in [5.74, 6) is 1.28. The van der Waals surface area contributed by atoms with Crippen molar-refractivity contribution in [3.8, 4) is 0 Å². The van der Waals surface area contributed by atoms with Gasteiger partial charge in [-0.3, -0.25) is 4.90 Å². The van der Waals surface area contributed by atoms with Crippen molar-refractivity contribution >= 4 is 28.9 Å². The van der Waals surface area contributed by atoms with Crippen LogP contribution in [-0.4, -0.2) is 38.3 Å². The molecule has 0 saturated carbocycles. The summed E-state index contributed by atoms with van der Waals surface area (Å²) >= 11 is 0. The molecule has 0 bridgehead atoms. The van der Waals surface area contributed by atoms with Gasteiger partial charge in [0.15, 0.2) is 0 Å². The van der Waals surface area contributed by atoms with Crippen LogP contribution in [0.15, 0.2) is 36.8 Å².